The van der Waals surface area contributed by atoms with Crippen molar-refractivity contribution >= 4 is 5.97 Å². The Kier molecular flexibility index (Phi) is 4.04. The molecule has 0 aliphatic carbocycles. The second-order valence-corrected chi connectivity index (χ2v) is 4.05. The lowest BCUT2D eigenvalue weighted by atomic mass is 9.97. The Hall–Kier alpha value is -1.39. The lowest BCUT2D eigenvalue weighted by Crippen LogP contribution is -2.27. The molecule has 0 aliphatic heterocycles. The molecule has 0 fully saturated rings. The topological polar surface area (TPSA) is 77.8 Å². The van der Waals surface area contributed by atoms with E-state index in [1.807, 2.05) is 19.9 Å². The molecule has 16 heavy (non-hydrogen) atoms. The number of benzene rings is 1. The van der Waals surface area contributed by atoms with Crippen LogP contribution in [0.1, 0.15) is 37.0 Å². The molecule has 0 amide bonds. The normalized spacial score (nSPS) is 14.8. The number of hydrogen-bond acceptors (Lipinski definition) is 3. The maximum Gasteiger partial charge on any atom is 0.335 e. The van der Waals surface area contributed by atoms with E-state index in [1.165, 1.54) is 0 Å². The van der Waals surface area contributed by atoms with E-state index in [1.54, 1.807) is 18.2 Å². The summed E-state index contributed by atoms with van der Waals surface area (Å²) < 4.78 is 0. The zero-order valence-corrected chi connectivity index (χ0v) is 9.29. The highest BCUT2D eigenvalue weighted by Crippen LogP contribution is 2.22. The highest BCUT2D eigenvalue weighted by molar-refractivity contribution is 5.73. The Bertz CT molecular complexity index is 373. The zero-order chi connectivity index (χ0) is 12.3. The molecule has 4 nitrogen and oxygen atoms in total. The lowest BCUT2D eigenvalue weighted by molar-refractivity contribution is -0.153. The highest BCUT2D eigenvalue weighted by Gasteiger charge is 2.25. The van der Waals surface area contributed by atoms with Crippen molar-refractivity contribution in [3.8, 4) is 0 Å². The van der Waals surface area contributed by atoms with Crippen LogP contribution in [0.2, 0.25) is 0 Å². The molecule has 1 rings (SSSR count). The van der Waals surface area contributed by atoms with Gasteiger partial charge in [-0.1, -0.05) is 38.1 Å². The third-order valence-electron chi connectivity index (χ3n) is 2.47. The second kappa shape index (κ2) is 5.09. The SMILES string of the molecule is CC(C)c1cccc(C(O)C(O)C(=O)O)c1. The van der Waals surface area contributed by atoms with Crippen molar-refractivity contribution in [2.45, 2.75) is 32.0 Å². The average Bonchev–Trinajstić information content (AvgIpc) is 2.27. The van der Waals surface area contributed by atoms with Crippen molar-refractivity contribution in [3.63, 3.8) is 0 Å². The van der Waals surface area contributed by atoms with Crippen LogP contribution in [0.5, 0.6) is 0 Å². The molecule has 0 spiro atoms. The number of carboxylic acids is 1. The Morgan fingerprint density at radius 2 is 1.75 bits per heavy atom. The van der Waals surface area contributed by atoms with Gasteiger partial charge in [0.15, 0.2) is 6.10 Å². The minimum Gasteiger partial charge on any atom is -0.479 e. The van der Waals surface area contributed by atoms with Gasteiger partial charge in [0.25, 0.3) is 0 Å². The minimum atomic E-state index is -1.79. The van der Waals surface area contributed by atoms with Crippen LogP contribution in [0.25, 0.3) is 0 Å². The quantitative estimate of drug-likeness (QED) is 0.720. The number of hydrogen-bond donors (Lipinski definition) is 3. The maximum absolute atomic E-state index is 10.5. The zero-order valence-electron chi connectivity index (χ0n) is 9.29. The van der Waals surface area contributed by atoms with Crippen LogP contribution in [0.4, 0.5) is 0 Å². The molecule has 0 bridgehead atoms. The first-order chi connectivity index (χ1) is 7.43. The van der Waals surface area contributed by atoms with Gasteiger partial charge >= 0.3 is 5.97 Å². The van der Waals surface area contributed by atoms with Gasteiger partial charge in [0, 0.05) is 0 Å². The summed E-state index contributed by atoms with van der Waals surface area (Å²) >= 11 is 0. The van der Waals surface area contributed by atoms with E-state index >= 15 is 0 Å². The molecular weight excluding hydrogens is 208 g/mol. The summed E-state index contributed by atoms with van der Waals surface area (Å²) in [5.41, 5.74) is 1.41. The van der Waals surface area contributed by atoms with E-state index in [2.05, 4.69) is 0 Å². The van der Waals surface area contributed by atoms with Crippen molar-refractivity contribution in [1.82, 2.24) is 0 Å². The molecule has 88 valence electrons. The Balaban J connectivity index is 2.95. The first-order valence-corrected chi connectivity index (χ1v) is 5.12. The van der Waals surface area contributed by atoms with Gasteiger partial charge in [-0.2, -0.15) is 0 Å². The summed E-state index contributed by atoms with van der Waals surface area (Å²) in [5, 5.41) is 27.4. The summed E-state index contributed by atoms with van der Waals surface area (Å²) in [6.45, 7) is 4.00. The summed E-state index contributed by atoms with van der Waals surface area (Å²) in [4.78, 5) is 10.5. The molecule has 2 atom stereocenters. The molecule has 0 saturated heterocycles. The lowest BCUT2D eigenvalue weighted by Gasteiger charge is -2.16. The van der Waals surface area contributed by atoms with Crippen LogP contribution in [0, 0.1) is 0 Å². The van der Waals surface area contributed by atoms with Crippen molar-refractivity contribution in [1.29, 1.82) is 0 Å². The van der Waals surface area contributed by atoms with Gasteiger partial charge in [-0.3, -0.25) is 0 Å². The molecule has 1 aromatic carbocycles. The van der Waals surface area contributed by atoms with Crippen molar-refractivity contribution < 1.29 is 20.1 Å². The van der Waals surface area contributed by atoms with E-state index in [-0.39, 0.29) is 5.92 Å². The maximum atomic E-state index is 10.5. The van der Waals surface area contributed by atoms with E-state index in [0.717, 1.165) is 5.56 Å². The molecule has 0 aliphatic rings. The second-order valence-electron chi connectivity index (χ2n) is 4.05. The predicted octanol–water partition coefficient (Wildman–Crippen LogP) is 1.29. The van der Waals surface area contributed by atoms with E-state index < -0.39 is 18.2 Å². The van der Waals surface area contributed by atoms with E-state index in [4.69, 9.17) is 5.11 Å². The van der Waals surface area contributed by atoms with E-state index in [0.29, 0.717) is 5.56 Å². The van der Waals surface area contributed by atoms with Gasteiger partial charge in [-0.05, 0) is 17.0 Å². The number of aliphatic hydroxyl groups excluding tert-OH is 2. The number of carboxylic acid groups (broad SMARTS) is 1. The average molecular weight is 224 g/mol. The highest BCUT2D eigenvalue weighted by atomic mass is 16.4. The first kappa shape index (κ1) is 12.7. The first-order valence-electron chi connectivity index (χ1n) is 5.12. The van der Waals surface area contributed by atoms with Crippen LogP contribution < -0.4 is 0 Å². The van der Waals surface area contributed by atoms with Gasteiger partial charge < -0.3 is 15.3 Å². The summed E-state index contributed by atoms with van der Waals surface area (Å²) in [6.07, 6.45) is -3.18. The van der Waals surface area contributed by atoms with Crippen LogP contribution in [-0.2, 0) is 4.79 Å². The Labute approximate surface area is 94.2 Å². The van der Waals surface area contributed by atoms with Crippen LogP contribution in [-0.4, -0.2) is 27.4 Å². The Morgan fingerprint density at radius 1 is 1.19 bits per heavy atom. The predicted molar refractivity (Wildman–Crippen MR) is 59.1 cm³/mol. The van der Waals surface area contributed by atoms with Gasteiger partial charge in [0.05, 0.1) is 0 Å². The molecule has 4 heteroatoms. The summed E-state index contributed by atoms with van der Waals surface area (Å²) in [6, 6.07) is 6.95. The summed E-state index contributed by atoms with van der Waals surface area (Å²) in [7, 11) is 0. The van der Waals surface area contributed by atoms with Crippen LogP contribution in [0.3, 0.4) is 0 Å². The van der Waals surface area contributed by atoms with Gasteiger partial charge in [0.2, 0.25) is 0 Å². The van der Waals surface area contributed by atoms with Gasteiger partial charge in [-0.25, -0.2) is 4.79 Å². The minimum absolute atomic E-state index is 0.286. The molecule has 0 radical (unpaired) electrons. The van der Waals surface area contributed by atoms with Gasteiger partial charge in [-0.15, -0.1) is 0 Å². The van der Waals surface area contributed by atoms with Crippen LogP contribution in [0.15, 0.2) is 24.3 Å². The van der Waals surface area contributed by atoms with Gasteiger partial charge in [0.1, 0.15) is 6.10 Å². The molecule has 1 aromatic rings. The molecule has 2 unspecified atom stereocenters. The third-order valence-corrected chi connectivity index (χ3v) is 2.47. The number of rotatable bonds is 4. The fourth-order valence-electron chi connectivity index (χ4n) is 1.42. The molecule has 0 aromatic heterocycles. The van der Waals surface area contributed by atoms with Crippen molar-refractivity contribution in [2.24, 2.45) is 0 Å². The van der Waals surface area contributed by atoms with Crippen molar-refractivity contribution in [3.05, 3.63) is 35.4 Å². The third kappa shape index (κ3) is 2.81. The monoisotopic (exact) mass is 224 g/mol. The molecule has 3 N–H and O–H groups in total. The number of carbonyl (C=O) groups is 1. The Morgan fingerprint density at radius 3 is 2.25 bits per heavy atom. The largest absolute Gasteiger partial charge is 0.479 e. The fourth-order valence-corrected chi connectivity index (χ4v) is 1.42. The number of aliphatic hydroxyl groups is 2. The van der Waals surface area contributed by atoms with Crippen LogP contribution >= 0.6 is 0 Å². The molecule has 0 saturated carbocycles. The van der Waals surface area contributed by atoms with Crippen molar-refractivity contribution in [2.75, 3.05) is 0 Å². The fraction of sp³-hybridized carbons (Fsp3) is 0.417. The smallest absolute Gasteiger partial charge is 0.335 e. The van der Waals surface area contributed by atoms with E-state index in [9.17, 15) is 15.0 Å². The molecular formula is C12H16O4. The standard InChI is InChI=1S/C12H16O4/c1-7(2)8-4-3-5-9(6-8)10(13)11(14)12(15)16/h3-7,10-11,13-14H,1-2H3,(H,15,16). The number of aliphatic carboxylic acids is 1. The summed E-state index contributed by atoms with van der Waals surface area (Å²) in [5.74, 6) is -1.14. The molecule has 0 heterocycles.